The Morgan fingerprint density at radius 2 is 1.78 bits per heavy atom. The van der Waals surface area contributed by atoms with Gasteiger partial charge in [0.2, 0.25) is 5.91 Å². The maximum atomic E-state index is 13.3. The van der Waals surface area contributed by atoms with Crippen LogP contribution < -0.4 is 5.32 Å². The minimum atomic E-state index is -1.60. The van der Waals surface area contributed by atoms with Gasteiger partial charge in [0.15, 0.2) is 17.5 Å². The second-order valence-electron chi connectivity index (χ2n) is 3.63. The lowest BCUT2D eigenvalue weighted by Gasteiger charge is -2.07. The molecule has 0 atom stereocenters. The fourth-order valence-corrected chi connectivity index (χ4v) is 1.45. The van der Waals surface area contributed by atoms with Crippen molar-refractivity contribution in [2.45, 2.75) is 6.54 Å². The summed E-state index contributed by atoms with van der Waals surface area (Å²) in [6, 6.07) is 5.18. The number of aromatic nitrogens is 1. The van der Waals surface area contributed by atoms with Crippen LogP contribution in [0.1, 0.15) is 0 Å². The van der Waals surface area contributed by atoms with Gasteiger partial charge in [-0.15, -0.1) is 0 Å². The third-order valence-corrected chi connectivity index (χ3v) is 2.30. The Bertz CT molecular complexity index is 567. The second-order valence-corrected chi connectivity index (χ2v) is 3.63. The molecule has 3 nitrogen and oxygen atoms in total. The average molecular weight is 254 g/mol. The van der Waals surface area contributed by atoms with Crippen LogP contribution in [0.4, 0.5) is 18.9 Å². The number of halogens is 3. The monoisotopic (exact) mass is 254 g/mol. The van der Waals surface area contributed by atoms with E-state index in [2.05, 4.69) is 5.32 Å². The summed E-state index contributed by atoms with van der Waals surface area (Å²) in [5.41, 5.74) is -0.383. The normalized spacial score (nSPS) is 10.4. The van der Waals surface area contributed by atoms with Crippen LogP contribution in [-0.4, -0.2) is 10.5 Å². The Balaban J connectivity index is 2.10. The van der Waals surface area contributed by atoms with Crippen molar-refractivity contribution in [3.63, 3.8) is 0 Å². The molecule has 0 saturated carbocycles. The zero-order valence-electron chi connectivity index (χ0n) is 9.16. The van der Waals surface area contributed by atoms with Crippen LogP contribution in [0.5, 0.6) is 0 Å². The smallest absolute Gasteiger partial charge is 0.244 e. The minimum Gasteiger partial charge on any atom is -0.345 e. The highest BCUT2D eigenvalue weighted by molar-refractivity contribution is 5.90. The van der Waals surface area contributed by atoms with Crippen LogP contribution in [0.25, 0.3) is 0 Å². The summed E-state index contributed by atoms with van der Waals surface area (Å²) in [7, 11) is 0. The molecular weight excluding hydrogens is 245 g/mol. The quantitative estimate of drug-likeness (QED) is 0.839. The fourth-order valence-electron chi connectivity index (χ4n) is 1.45. The molecule has 1 heterocycles. The predicted octanol–water partition coefficient (Wildman–Crippen LogP) is 2.54. The summed E-state index contributed by atoms with van der Waals surface area (Å²) in [5, 5.41) is 2.18. The highest BCUT2D eigenvalue weighted by Crippen LogP contribution is 2.19. The highest BCUT2D eigenvalue weighted by atomic mass is 19.2. The molecule has 0 spiro atoms. The number of carbonyl (C=O) groups is 1. The van der Waals surface area contributed by atoms with Crippen molar-refractivity contribution in [2.24, 2.45) is 0 Å². The molecule has 0 aliphatic rings. The predicted molar refractivity (Wildman–Crippen MR) is 59.4 cm³/mol. The molecule has 0 radical (unpaired) electrons. The van der Waals surface area contributed by atoms with Crippen molar-refractivity contribution in [2.75, 3.05) is 5.32 Å². The first kappa shape index (κ1) is 12.2. The lowest BCUT2D eigenvalue weighted by Crippen LogP contribution is -2.19. The number of nitrogens with one attached hydrogen (secondary N) is 1. The number of anilines is 1. The third kappa shape index (κ3) is 2.53. The first-order chi connectivity index (χ1) is 8.58. The van der Waals surface area contributed by atoms with Gasteiger partial charge in [0.1, 0.15) is 6.54 Å². The maximum absolute atomic E-state index is 13.3. The van der Waals surface area contributed by atoms with Gasteiger partial charge in [0.25, 0.3) is 0 Å². The molecule has 1 aromatic heterocycles. The number of rotatable bonds is 3. The largest absolute Gasteiger partial charge is 0.345 e. The second kappa shape index (κ2) is 4.95. The molecule has 0 bridgehead atoms. The number of carbonyl (C=O) groups excluding carboxylic acids is 1. The van der Waals surface area contributed by atoms with Crippen molar-refractivity contribution < 1.29 is 18.0 Å². The third-order valence-electron chi connectivity index (χ3n) is 2.30. The van der Waals surface area contributed by atoms with Crippen molar-refractivity contribution in [3.05, 3.63) is 54.1 Å². The number of nitrogens with zero attached hydrogens (tertiary/aromatic N) is 1. The van der Waals surface area contributed by atoms with E-state index in [1.807, 2.05) is 0 Å². The Morgan fingerprint density at radius 1 is 1.11 bits per heavy atom. The van der Waals surface area contributed by atoms with E-state index in [-0.39, 0.29) is 12.2 Å². The Hall–Kier alpha value is -2.24. The van der Waals surface area contributed by atoms with E-state index in [0.717, 1.165) is 12.1 Å². The number of hydrogen-bond acceptors (Lipinski definition) is 1. The van der Waals surface area contributed by atoms with Gasteiger partial charge in [-0.05, 0) is 24.3 Å². The molecule has 0 unspecified atom stereocenters. The van der Waals surface area contributed by atoms with Crippen LogP contribution in [-0.2, 0) is 11.3 Å². The summed E-state index contributed by atoms with van der Waals surface area (Å²) < 4.78 is 40.4. The summed E-state index contributed by atoms with van der Waals surface area (Å²) in [4.78, 5) is 11.5. The first-order valence-corrected chi connectivity index (χ1v) is 5.12. The number of hydrogen-bond donors (Lipinski definition) is 1. The molecule has 2 rings (SSSR count). The summed E-state index contributed by atoms with van der Waals surface area (Å²) in [6.07, 6.45) is 3.31. The summed E-state index contributed by atoms with van der Waals surface area (Å²) in [5.74, 6) is -4.84. The molecule has 2 aromatic rings. The van der Waals surface area contributed by atoms with Crippen LogP contribution in [0.2, 0.25) is 0 Å². The molecule has 0 aliphatic carbocycles. The Morgan fingerprint density at radius 3 is 2.44 bits per heavy atom. The summed E-state index contributed by atoms with van der Waals surface area (Å²) >= 11 is 0. The van der Waals surface area contributed by atoms with Gasteiger partial charge >= 0.3 is 0 Å². The zero-order chi connectivity index (χ0) is 13.1. The van der Waals surface area contributed by atoms with Gasteiger partial charge < -0.3 is 9.88 Å². The Kier molecular flexibility index (Phi) is 3.36. The fraction of sp³-hybridized carbons (Fsp3) is 0.0833. The van der Waals surface area contributed by atoms with Crippen LogP contribution >= 0.6 is 0 Å². The van der Waals surface area contributed by atoms with E-state index in [9.17, 15) is 18.0 Å². The first-order valence-electron chi connectivity index (χ1n) is 5.12. The highest BCUT2D eigenvalue weighted by Gasteiger charge is 2.15. The lowest BCUT2D eigenvalue weighted by atomic mass is 10.2. The molecule has 1 N–H and O–H groups in total. The molecule has 0 fully saturated rings. The van der Waals surface area contributed by atoms with E-state index in [4.69, 9.17) is 0 Å². The molecule has 0 aliphatic heterocycles. The molecular formula is C12H9F3N2O. The average Bonchev–Trinajstić information content (AvgIpc) is 2.83. The SMILES string of the molecule is O=C(Cn1cccc1)Nc1ccc(F)c(F)c1F. The van der Waals surface area contributed by atoms with Crippen LogP contribution in [0, 0.1) is 17.5 Å². The molecule has 1 aromatic carbocycles. The van der Waals surface area contributed by atoms with E-state index in [1.165, 1.54) is 0 Å². The minimum absolute atomic E-state index is 0.0363. The van der Waals surface area contributed by atoms with Gasteiger partial charge in [0.05, 0.1) is 5.69 Å². The van der Waals surface area contributed by atoms with Crippen LogP contribution in [0.15, 0.2) is 36.7 Å². The van der Waals surface area contributed by atoms with Gasteiger partial charge in [-0.25, -0.2) is 13.2 Å². The summed E-state index contributed by atoms with van der Waals surface area (Å²) in [6.45, 7) is -0.0363. The van der Waals surface area contributed by atoms with Gasteiger partial charge in [-0.1, -0.05) is 0 Å². The van der Waals surface area contributed by atoms with Crippen molar-refractivity contribution in [1.82, 2.24) is 4.57 Å². The Labute approximate surface area is 101 Å². The number of benzene rings is 1. The standard InChI is InChI=1S/C12H9F3N2O/c13-8-3-4-9(12(15)11(8)14)16-10(18)7-17-5-1-2-6-17/h1-6H,7H2,(H,16,18). The van der Waals surface area contributed by atoms with Gasteiger partial charge in [0, 0.05) is 12.4 Å². The van der Waals surface area contributed by atoms with Crippen LogP contribution in [0.3, 0.4) is 0 Å². The maximum Gasteiger partial charge on any atom is 0.244 e. The van der Waals surface area contributed by atoms with Crippen molar-refractivity contribution in [3.8, 4) is 0 Å². The molecule has 0 saturated heterocycles. The molecule has 94 valence electrons. The molecule has 6 heteroatoms. The lowest BCUT2D eigenvalue weighted by molar-refractivity contribution is -0.116. The van der Waals surface area contributed by atoms with E-state index < -0.39 is 23.4 Å². The van der Waals surface area contributed by atoms with Crippen molar-refractivity contribution in [1.29, 1.82) is 0 Å². The molecule has 1 amide bonds. The topological polar surface area (TPSA) is 34.0 Å². The molecule has 18 heavy (non-hydrogen) atoms. The zero-order valence-corrected chi connectivity index (χ0v) is 9.16. The van der Waals surface area contributed by atoms with Gasteiger partial charge in [-0.3, -0.25) is 4.79 Å². The van der Waals surface area contributed by atoms with E-state index >= 15 is 0 Å². The van der Waals surface area contributed by atoms with E-state index in [0.29, 0.717) is 0 Å². The van der Waals surface area contributed by atoms with Crippen molar-refractivity contribution >= 4 is 11.6 Å². The number of amides is 1. The van der Waals surface area contributed by atoms with E-state index in [1.54, 1.807) is 29.1 Å². The van der Waals surface area contributed by atoms with Gasteiger partial charge in [-0.2, -0.15) is 0 Å².